The van der Waals surface area contributed by atoms with Gasteiger partial charge in [0.1, 0.15) is 18.2 Å². The van der Waals surface area contributed by atoms with Crippen molar-refractivity contribution >= 4 is 22.6 Å². The van der Waals surface area contributed by atoms with Gasteiger partial charge in [-0.2, -0.15) is 0 Å². The average molecular weight is 304 g/mol. The lowest BCUT2D eigenvalue weighted by Crippen LogP contribution is -2.14. The van der Waals surface area contributed by atoms with E-state index in [-0.39, 0.29) is 5.91 Å². The first kappa shape index (κ1) is 14.8. The summed E-state index contributed by atoms with van der Waals surface area (Å²) in [6, 6.07) is 18.6. The quantitative estimate of drug-likeness (QED) is 0.723. The molecule has 4 nitrogen and oxygen atoms in total. The Kier molecular flexibility index (Phi) is 4.34. The van der Waals surface area contributed by atoms with Crippen LogP contribution in [0.25, 0.3) is 10.9 Å². The van der Waals surface area contributed by atoms with Crippen molar-refractivity contribution in [2.24, 2.45) is 0 Å². The summed E-state index contributed by atoms with van der Waals surface area (Å²) in [4.78, 5) is 16.9. The minimum atomic E-state index is -0.257. The van der Waals surface area contributed by atoms with Crippen molar-refractivity contribution in [1.29, 1.82) is 0 Å². The number of carbonyl (C=O) groups is 1. The van der Waals surface area contributed by atoms with Crippen molar-refractivity contribution in [3.63, 3.8) is 0 Å². The fourth-order valence-corrected chi connectivity index (χ4v) is 2.25. The van der Waals surface area contributed by atoms with Crippen LogP contribution in [-0.2, 0) is 0 Å². The molecule has 1 amide bonds. The third kappa shape index (κ3) is 3.37. The van der Waals surface area contributed by atoms with Gasteiger partial charge in [0.25, 0.3) is 5.91 Å². The van der Waals surface area contributed by atoms with E-state index in [9.17, 15) is 4.79 Å². The number of nitrogens with one attached hydrogen (secondary N) is 1. The molecule has 1 heterocycles. The van der Waals surface area contributed by atoms with Crippen molar-refractivity contribution in [2.45, 2.75) is 0 Å². The molecular formula is C19H16N2O2. The number of fused-ring (bicyclic) bond motifs is 1. The number of hydrogen-bond acceptors (Lipinski definition) is 3. The lowest BCUT2D eigenvalue weighted by atomic mass is 10.2. The van der Waals surface area contributed by atoms with E-state index in [2.05, 4.69) is 16.9 Å². The summed E-state index contributed by atoms with van der Waals surface area (Å²) in [5.74, 6) is 0.769. The molecule has 0 saturated heterocycles. The number of carbonyl (C=O) groups excluding carboxylic acids is 1. The Morgan fingerprint density at radius 3 is 2.74 bits per heavy atom. The number of nitrogens with zero attached hydrogens (tertiary/aromatic N) is 1. The summed E-state index contributed by atoms with van der Waals surface area (Å²) in [6.07, 6.45) is 1.64. The second-order valence-corrected chi connectivity index (χ2v) is 4.94. The van der Waals surface area contributed by atoms with Crippen LogP contribution in [0.2, 0.25) is 0 Å². The smallest absolute Gasteiger partial charge is 0.260 e. The first-order chi connectivity index (χ1) is 11.3. The molecular weight excluding hydrogens is 288 g/mol. The molecule has 0 saturated carbocycles. The number of ether oxygens (including phenoxy) is 1. The maximum absolute atomic E-state index is 12.5. The van der Waals surface area contributed by atoms with E-state index >= 15 is 0 Å². The molecule has 23 heavy (non-hydrogen) atoms. The highest BCUT2D eigenvalue weighted by molar-refractivity contribution is 6.06. The summed E-state index contributed by atoms with van der Waals surface area (Å²) >= 11 is 0. The third-order valence-electron chi connectivity index (χ3n) is 3.33. The number of benzene rings is 2. The molecule has 0 aliphatic carbocycles. The summed E-state index contributed by atoms with van der Waals surface area (Å²) in [5, 5.41) is 3.84. The van der Waals surface area contributed by atoms with E-state index in [1.165, 1.54) is 0 Å². The van der Waals surface area contributed by atoms with Crippen molar-refractivity contribution < 1.29 is 9.53 Å². The van der Waals surface area contributed by atoms with E-state index in [0.717, 1.165) is 10.9 Å². The van der Waals surface area contributed by atoms with Gasteiger partial charge in [-0.1, -0.05) is 43.0 Å². The SMILES string of the molecule is C=CCOc1ccccc1C(=O)Nc1ccc2ccccc2n1. The standard InChI is InChI=1S/C19H16N2O2/c1-2-13-23-17-10-6-4-8-15(17)19(22)21-18-12-11-14-7-3-5-9-16(14)20-18/h2-12H,1,13H2,(H,20,21,22). The van der Waals surface area contributed by atoms with Crippen molar-refractivity contribution in [3.05, 3.63) is 78.9 Å². The average Bonchev–Trinajstić information content (AvgIpc) is 2.60. The van der Waals surface area contributed by atoms with Crippen LogP contribution in [0, 0.1) is 0 Å². The molecule has 1 N–H and O–H groups in total. The Hall–Kier alpha value is -3.14. The predicted molar refractivity (Wildman–Crippen MR) is 91.8 cm³/mol. The summed E-state index contributed by atoms with van der Waals surface area (Å²) in [7, 11) is 0. The molecule has 4 heteroatoms. The molecule has 114 valence electrons. The van der Waals surface area contributed by atoms with E-state index in [1.54, 1.807) is 30.3 Å². The number of amides is 1. The van der Waals surface area contributed by atoms with Gasteiger partial charge in [0, 0.05) is 5.39 Å². The zero-order valence-corrected chi connectivity index (χ0v) is 12.5. The first-order valence-corrected chi connectivity index (χ1v) is 7.28. The molecule has 0 spiro atoms. The van der Waals surface area contributed by atoms with Gasteiger partial charge in [0.2, 0.25) is 0 Å². The summed E-state index contributed by atoms with van der Waals surface area (Å²) in [6.45, 7) is 3.96. The molecule has 3 rings (SSSR count). The lowest BCUT2D eigenvalue weighted by Gasteiger charge is -2.10. The Morgan fingerprint density at radius 2 is 1.87 bits per heavy atom. The summed E-state index contributed by atoms with van der Waals surface area (Å²) in [5.41, 5.74) is 1.30. The number of aromatic nitrogens is 1. The van der Waals surface area contributed by atoms with E-state index in [1.807, 2.05) is 36.4 Å². The molecule has 3 aromatic rings. The van der Waals surface area contributed by atoms with Crippen LogP contribution >= 0.6 is 0 Å². The zero-order valence-electron chi connectivity index (χ0n) is 12.5. The number of hydrogen-bond donors (Lipinski definition) is 1. The molecule has 0 fully saturated rings. The second-order valence-electron chi connectivity index (χ2n) is 4.94. The van der Waals surface area contributed by atoms with Crippen molar-refractivity contribution in [2.75, 3.05) is 11.9 Å². The van der Waals surface area contributed by atoms with E-state index in [0.29, 0.717) is 23.7 Å². The highest BCUT2D eigenvalue weighted by atomic mass is 16.5. The van der Waals surface area contributed by atoms with Crippen LogP contribution < -0.4 is 10.1 Å². The Morgan fingerprint density at radius 1 is 1.09 bits per heavy atom. The fourth-order valence-electron chi connectivity index (χ4n) is 2.25. The zero-order chi connectivity index (χ0) is 16.1. The maximum Gasteiger partial charge on any atom is 0.260 e. The Bertz CT molecular complexity index is 859. The molecule has 0 bridgehead atoms. The third-order valence-corrected chi connectivity index (χ3v) is 3.33. The minimum absolute atomic E-state index is 0.257. The Balaban J connectivity index is 1.84. The molecule has 2 aromatic carbocycles. The van der Waals surface area contributed by atoms with Crippen molar-refractivity contribution in [3.8, 4) is 5.75 Å². The van der Waals surface area contributed by atoms with Gasteiger partial charge in [-0.05, 0) is 30.3 Å². The van der Waals surface area contributed by atoms with Gasteiger partial charge in [-0.3, -0.25) is 4.79 Å². The largest absolute Gasteiger partial charge is 0.489 e. The number of rotatable bonds is 5. The molecule has 0 unspecified atom stereocenters. The monoisotopic (exact) mass is 304 g/mol. The highest BCUT2D eigenvalue weighted by Crippen LogP contribution is 2.20. The topological polar surface area (TPSA) is 51.2 Å². The molecule has 0 atom stereocenters. The summed E-state index contributed by atoms with van der Waals surface area (Å²) < 4.78 is 5.52. The van der Waals surface area contributed by atoms with E-state index in [4.69, 9.17) is 4.74 Å². The van der Waals surface area contributed by atoms with E-state index < -0.39 is 0 Å². The van der Waals surface area contributed by atoms with Crippen LogP contribution in [0.3, 0.4) is 0 Å². The molecule has 0 aliphatic heterocycles. The van der Waals surface area contributed by atoms with Crippen LogP contribution in [0.1, 0.15) is 10.4 Å². The van der Waals surface area contributed by atoms with Gasteiger partial charge in [-0.15, -0.1) is 0 Å². The van der Waals surface area contributed by atoms with Crippen LogP contribution in [0.15, 0.2) is 73.3 Å². The van der Waals surface area contributed by atoms with Crippen molar-refractivity contribution in [1.82, 2.24) is 4.98 Å². The normalized spacial score (nSPS) is 10.3. The maximum atomic E-state index is 12.5. The lowest BCUT2D eigenvalue weighted by molar-refractivity contribution is 0.102. The van der Waals surface area contributed by atoms with Crippen LogP contribution in [0.4, 0.5) is 5.82 Å². The number of pyridine rings is 1. The molecule has 1 aromatic heterocycles. The van der Waals surface area contributed by atoms with Gasteiger partial charge in [0.15, 0.2) is 0 Å². The minimum Gasteiger partial charge on any atom is -0.489 e. The van der Waals surface area contributed by atoms with Gasteiger partial charge in [0.05, 0.1) is 11.1 Å². The number of anilines is 1. The predicted octanol–water partition coefficient (Wildman–Crippen LogP) is 4.05. The Labute approximate surface area is 134 Å². The molecule has 0 radical (unpaired) electrons. The van der Waals surface area contributed by atoms with Crippen LogP contribution in [-0.4, -0.2) is 17.5 Å². The number of para-hydroxylation sites is 2. The van der Waals surface area contributed by atoms with Gasteiger partial charge < -0.3 is 10.1 Å². The van der Waals surface area contributed by atoms with Gasteiger partial charge >= 0.3 is 0 Å². The first-order valence-electron chi connectivity index (χ1n) is 7.28. The van der Waals surface area contributed by atoms with Gasteiger partial charge in [-0.25, -0.2) is 4.98 Å². The second kappa shape index (κ2) is 6.75. The highest BCUT2D eigenvalue weighted by Gasteiger charge is 2.12. The fraction of sp³-hybridized carbons (Fsp3) is 0.0526. The molecule has 0 aliphatic rings. The van der Waals surface area contributed by atoms with Crippen LogP contribution in [0.5, 0.6) is 5.75 Å².